The standard InChI is InChI=1S/C21H25N5OS.ClH/c27-21(23-9-5-12-25-13-10-22-11-14-25)18-16-26(17-6-2-1-3-7-17)24-20(18)19-8-4-15-28-19;/h1-4,6-8,15-16,22H,5,9-14H2,(H,23,27);1H. The zero-order chi connectivity index (χ0) is 19.2. The molecule has 4 rings (SSSR count). The van der Waals surface area contributed by atoms with Gasteiger partial charge in [0, 0.05) is 38.9 Å². The fraction of sp³-hybridized carbons (Fsp3) is 0.333. The summed E-state index contributed by atoms with van der Waals surface area (Å²) in [5.74, 6) is -0.0640. The lowest BCUT2D eigenvalue weighted by Gasteiger charge is -2.27. The Kier molecular flexibility index (Phi) is 7.83. The molecule has 0 unspecified atom stereocenters. The summed E-state index contributed by atoms with van der Waals surface area (Å²) in [6.07, 6.45) is 2.78. The largest absolute Gasteiger partial charge is 0.352 e. The Balaban J connectivity index is 0.00000240. The third-order valence-electron chi connectivity index (χ3n) is 4.88. The summed E-state index contributed by atoms with van der Waals surface area (Å²) in [7, 11) is 0. The van der Waals surface area contributed by atoms with Crippen LogP contribution in [0.4, 0.5) is 0 Å². The molecule has 3 heterocycles. The van der Waals surface area contributed by atoms with Crippen LogP contribution in [0, 0.1) is 0 Å². The van der Waals surface area contributed by atoms with E-state index in [4.69, 9.17) is 5.10 Å². The highest BCUT2D eigenvalue weighted by Gasteiger charge is 2.19. The molecule has 0 atom stereocenters. The minimum absolute atomic E-state index is 0. The molecule has 154 valence electrons. The summed E-state index contributed by atoms with van der Waals surface area (Å²) in [5.41, 5.74) is 2.30. The van der Waals surface area contributed by atoms with Gasteiger partial charge in [0.25, 0.3) is 5.91 Å². The molecule has 1 aromatic carbocycles. The Labute approximate surface area is 181 Å². The number of hydrogen-bond donors (Lipinski definition) is 2. The quantitative estimate of drug-likeness (QED) is 0.564. The van der Waals surface area contributed by atoms with Crippen LogP contribution in [-0.2, 0) is 0 Å². The number of hydrogen-bond acceptors (Lipinski definition) is 5. The van der Waals surface area contributed by atoms with Crippen molar-refractivity contribution in [2.24, 2.45) is 0 Å². The first kappa shape index (κ1) is 21.5. The van der Waals surface area contributed by atoms with Gasteiger partial charge in [0.05, 0.1) is 16.1 Å². The van der Waals surface area contributed by atoms with E-state index < -0.39 is 0 Å². The molecular weight excluding hydrogens is 406 g/mol. The summed E-state index contributed by atoms with van der Waals surface area (Å²) in [4.78, 5) is 16.3. The number of amides is 1. The van der Waals surface area contributed by atoms with Gasteiger partial charge in [0.2, 0.25) is 0 Å². The Morgan fingerprint density at radius 2 is 1.93 bits per heavy atom. The molecule has 3 aromatic rings. The summed E-state index contributed by atoms with van der Waals surface area (Å²) in [6, 6.07) is 13.9. The predicted molar refractivity (Wildman–Crippen MR) is 120 cm³/mol. The van der Waals surface area contributed by atoms with Crippen molar-refractivity contribution in [2.45, 2.75) is 6.42 Å². The van der Waals surface area contributed by atoms with Crippen molar-refractivity contribution < 1.29 is 4.79 Å². The summed E-state index contributed by atoms with van der Waals surface area (Å²) < 4.78 is 1.78. The number of piperazine rings is 1. The van der Waals surface area contributed by atoms with Crippen LogP contribution in [0.5, 0.6) is 0 Å². The number of aromatic nitrogens is 2. The molecular formula is C21H26ClN5OS. The monoisotopic (exact) mass is 431 g/mol. The second-order valence-corrected chi connectivity index (χ2v) is 7.80. The maximum absolute atomic E-state index is 12.9. The first-order chi connectivity index (χ1) is 13.8. The number of thiophene rings is 1. The average molecular weight is 432 g/mol. The molecule has 0 aliphatic carbocycles. The van der Waals surface area contributed by atoms with E-state index in [0.29, 0.717) is 12.1 Å². The minimum atomic E-state index is -0.0640. The van der Waals surface area contributed by atoms with E-state index in [0.717, 1.165) is 55.4 Å². The highest BCUT2D eigenvalue weighted by Crippen LogP contribution is 2.27. The number of nitrogens with zero attached hydrogens (tertiary/aromatic N) is 3. The lowest BCUT2D eigenvalue weighted by molar-refractivity contribution is 0.0952. The third kappa shape index (κ3) is 5.45. The molecule has 1 saturated heterocycles. The first-order valence-corrected chi connectivity index (χ1v) is 10.6. The lowest BCUT2D eigenvalue weighted by Crippen LogP contribution is -2.44. The Morgan fingerprint density at radius 3 is 2.66 bits per heavy atom. The normalized spacial score (nSPS) is 14.3. The van der Waals surface area contributed by atoms with Gasteiger partial charge in [-0.1, -0.05) is 24.3 Å². The third-order valence-corrected chi connectivity index (χ3v) is 5.76. The first-order valence-electron chi connectivity index (χ1n) is 9.71. The zero-order valence-corrected chi connectivity index (χ0v) is 17.8. The fourth-order valence-corrected chi connectivity index (χ4v) is 4.11. The van der Waals surface area contributed by atoms with Gasteiger partial charge < -0.3 is 15.5 Å². The molecule has 0 bridgehead atoms. The molecule has 0 spiro atoms. The molecule has 1 aliphatic rings. The van der Waals surface area contributed by atoms with Crippen molar-refractivity contribution in [1.29, 1.82) is 0 Å². The summed E-state index contributed by atoms with van der Waals surface area (Å²) in [6.45, 7) is 5.96. The van der Waals surface area contributed by atoms with E-state index in [1.165, 1.54) is 0 Å². The van der Waals surface area contributed by atoms with Crippen molar-refractivity contribution in [2.75, 3.05) is 39.3 Å². The number of carbonyl (C=O) groups is 1. The van der Waals surface area contributed by atoms with E-state index in [1.807, 2.05) is 54.0 Å². The van der Waals surface area contributed by atoms with Gasteiger partial charge in [-0.25, -0.2) is 4.68 Å². The molecule has 1 amide bonds. The van der Waals surface area contributed by atoms with Crippen molar-refractivity contribution in [3.05, 3.63) is 59.6 Å². The topological polar surface area (TPSA) is 62.2 Å². The van der Waals surface area contributed by atoms with Crippen LogP contribution in [0.3, 0.4) is 0 Å². The smallest absolute Gasteiger partial charge is 0.255 e. The zero-order valence-electron chi connectivity index (χ0n) is 16.2. The summed E-state index contributed by atoms with van der Waals surface area (Å²) >= 11 is 1.59. The Bertz CT molecular complexity index is 891. The van der Waals surface area contributed by atoms with Crippen LogP contribution >= 0.6 is 23.7 Å². The average Bonchev–Trinajstić information content (AvgIpc) is 3.42. The molecule has 1 aliphatic heterocycles. The van der Waals surface area contributed by atoms with Crippen LogP contribution in [-0.4, -0.2) is 59.9 Å². The summed E-state index contributed by atoms with van der Waals surface area (Å²) in [5, 5.41) is 13.1. The van der Waals surface area contributed by atoms with Gasteiger partial charge in [0.1, 0.15) is 5.69 Å². The van der Waals surface area contributed by atoms with Crippen LogP contribution in [0.25, 0.3) is 16.3 Å². The molecule has 2 N–H and O–H groups in total. The van der Waals surface area contributed by atoms with Crippen molar-refractivity contribution in [3.63, 3.8) is 0 Å². The van der Waals surface area contributed by atoms with Gasteiger partial charge in [0.15, 0.2) is 0 Å². The molecule has 1 fully saturated rings. The molecule has 29 heavy (non-hydrogen) atoms. The van der Waals surface area contributed by atoms with E-state index >= 15 is 0 Å². The van der Waals surface area contributed by atoms with Crippen molar-refractivity contribution >= 4 is 29.7 Å². The molecule has 0 radical (unpaired) electrons. The SMILES string of the molecule is Cl.O=C(NCCCN1CCNCC1)c1cn(-c2ccccc2)nc1-c1cccs1. The van der Waals surface area contributed by atoms with Gasteiger partial charge in [-0.3, -0.25) is 4.79 Å². The number of benzene rings is 1. The highest BCUT2D eigenvalue weighted by molar-refractivity contribution is 7.13. The maximum Gasteiger partial charge on any atom is 0.255 e. The number of para-hydroxylation sites is 1. The van der Waals surface area contributed by atoms with E-state index in [-0.39, 0.29) is 18.3 Å². The van der Waals surface area contributed by atoms with Gasteiger partial charge >= 0.3 is 0 Å². The van der Waals surface area contributed by atoms with Crippen molar-refractivity contribution in [1.82, 2.24) is 25.3 Å². The van der Waals surface area contributed by atoms with E-state index in [1.54, 1.807) is 16.0 Å². The second-order valence-electron chi connectivity index (χ2n) is 6.85. The lowest BCUT2D eigenvalue weighted by atomic mass is 10.2. The number of rotatable bonds is 7. The second kappa shape index (κ2) is 10.5. The maximum atomic E-state index is 12.9. The molecule has 6 nitrogen and oxygen atoms in total. The molecule has 2 aromatic heterocycles. The van der Waals surface area contributed by atoms with Crippen LogP contribution < -0.4 is 10.6 Å². The van der Waals surface area contributed by atoms with Crippen molar-refractivity contribution in [3.8, 4) is 16.3 Å². The number of carbonyl (C=O) groups excluding carboxylic acids is 1. The van der Waals surface area contributed by atoms with Crippen LogP contribution in [0.1, 0.15) is 16.8 Å². The number of nitrogens with one attached hydrogen (secondary N) is 2. The Morgan fingerprint density at radius 1 is 1.14 bits per heavy atom. The molecule has 8 heteroatoms. The predicted octanol–water partition coefficient (Wildman–Crippen LogP) is 3.05. The van der Waals surface area contributed by atoms with Gasteiger partial charge in [-0.05, 0) is 36.5 Å². The van der Waals surface area contributed by atoms with E-state index in [2.05, 4.69) is 15.5 Å². The minimum Gasteiger partial charge on any atom is -0.352 e. The van der Waals surface area contributed by atoms with Gasteiger partial charge in [-0.15, -0.1) is 23.7 Å². The van der Waals surface area contributed by atoms with E-state index in [9.17, 15) is 4.79 Å². The fourth-order valence-electron chi connectivity index (χ4n) is 3.38. The Hall–Kier alpha value is -2.19. The number of halogens is 1. The van der Waals surface area contributed by atoms with Crippen LogP contribution in [0.15, 0.2) is 54.0 Å². The van der Waals surface area contributed by atoms with Crippen LogP contribution in [0.2, 0.25) is 0 Å². The molecule has 0 saturated carbocycles. The van der Waals surface area contributed by atoms with Gasteiger partial charge in [-0.2, -0.15) is 5.10 Å². The highest BCUT2D eigenvalue weighted by atomic mass is 35.5.